The first-order valence-corrected chi connectivity index (χ1v) is 9.36. The topological polar surface area (TPSA) is 87.7 Å². The minimum atomic E-state index is -1.15. The van der Waals surface area contributed by atoms with Gasteiger partial charge < -0.3 is 15.4 Å². The number of para-hydroxylation sites is 1. The molecule has 3 rings (SSSR count). The molecule has 2 N–H and O–H groups in total. The van der Waals surface area contributed by atoms with Gasteiger partial charge in [0, 0.05) is 12.1 Å². The largest absolute Gasteiger partial charge is 0.496 e. The highest BCUT2D eigenvalue weighted by molar-refractivity contribution is 6.10. The molecule has 29 heavy (non-hydrogen) atoms. The van der Waals surface area contributed by atoms with E-state index in [4.69, 9.17) is 4.74 Å². The number of benzene rings is 2. The summed E-state index contributed by atoms with van der Waals surface area (Å²) in [6.07, 6.45) is 0.261. The van der Waals surface area contributed by atoms with Crippen LogP contribution in [0, 0.1) is 13.8 Å². The molecule has 152 valence electrons. The lowest BCUT2D eigenvalue weighted by Crippen LogP contribution is -2.46. The van der Waals surface area contributed by atoms with E-state index in [0.717, 1.165) is 21.6 Å². The van der Waals surface area contributed by atoms with Crippen molar-refractivity contribution in [2.75, 3.05) is 19.0 Å². The first-order chi connectivity index (χ1) is 13.7. The van der Waals surface area contributed by atoms with Crippen LogP contribution in [0.3, 0.4) is 0 Å². The summed E-state index contributed by atoms with van der Waals surface area (Å²) < 4.78 is 5.34. The first-order valence-electron chi connectivity index (χ1n) is 9.36. The fraction of sp³-hybridized carbons (Fsp3) is 0.318. The van der Waals surface area contributed by atoms with Crippen molar-refractivity contribution in [2.24, 2.45) is 0 Å². The maximum Gasteiger partial charge on any atom is 0.325 e. The number of methoxy groups -OCH3 is 1. The maximum absolute atomic E-state index is 13.0. The Hall–Kier alpha value is -3.35. The van der Waals surface area contributed by atoms with Gasteiger partial charge in [0.15, 0.2) is 0 Å². The van der Waals surface area contributed by atoms with Crippen molar-refractivity contribution in [3.63, 3.8) is 0 Å². The average Bonchev–Trinajstić information content (AvgIpc) is 2.88. The van der Waals surface area contributed by atoms with Gasteiger partial charge in [0.1, 0.15) is 17.8 Å². The number of nitrogens with zero attached hydrogens (tertiary/aromatic N) is 1. The van der Waals surface area contributed by atoms with Crippen LogP contribution in [-0.2, 0) is 16.0 Å². The van der Waals surface area contributed by atoms with E-state index >= 15 is 0 Å². The van der Waals surface area contributed by atoms with Gasteiger partial charge in [-0.15, -0.1) is 0 Å². The molecule has 2 aromatic carbocycles. The van der Waals surface area contributed by atoms with E-state index in [-0.39, 0.29) is 13.0 Å². The highest BCUT2D eigenvalue weighted by Crippen LogP contribution is 2.27. The van der Waals surface area contributed by atoms with Crippen molar-refractivity contribution in [1.29, 1.82) is 0 Å². The summed E-state index contributed by atoms with van der Waals surface area (Å²) in [5, 5.41) is 5.50. The van der Waals surface area contributed by atoms with Gasteiger partial charge in [-0.2, -0.15) is 0 Å². The molecule has 0 unspecified atom stereocenters. The normalized spacial score (nSPS) is 18.6. The number of amides is 4. The molecular weight excluding hydrogens is 370 g/mol. The number of aryl methyl sites for hydroxylation is 2. The van der Waals surface area contributed by atoms with E-state index < -0.39 is 23.4 Å². The number of hydrogen-bond acceptors (Lipinski definition) is 4. The Labute approximate surface area is 170 Å². The Kier molecular flexibility index (Phi) is 5.59. The molecule has 7 heteroatoms. The summed E-state index contributed by atoms with van der Waals surface area (Å²) in [5.74, 6) is -0.227. The Morgan fingerprint density at radius 1 is 1.17 bits per heavy atom. The molecule has 1 atom stereocenters. The van der Waals surface area contributed by atoms with Crippen LogP contribution < -0.4 is 15.4 Å². The molecule has 0 aliphatic carbocycles. The Balaban J connectivity index is 1.73. The van der Waals surface area contributed by atoms with Gasteiger partial charge in [-0.1, -0.05) is 30.3 Å². The second kappa shape index (κ2) is 7.95. The highest BCUT2D eigenvalue weighted by atomic mass is 16.5. The number of anilines is 1. The van der Waals surface area contributed by atoms with Gasteiger partial charge >= 0.3 is 6.03 Å². The van der Waals surface area contributed by atoms with Gasteiger partial charge in [-0.05, 0) is 49.6 Å². The molecule has 1 heterocycles. The Morgan fingerprint density at radius 2 is 1.90 bits per heavy atom. The number of rotatable bonds is 6. The third-order valence-electron chi connectivity index (χ3n) is 5.05. The zero-order chi connectivity index (χ0) is 21.2. The zero-order valence-corrected chi connectivity index (χ0v) is 17.0. The smallest absolute Gasteiger partial charge is 0.325 e. The second-order valence-electron chi connectivity index (χ2n) is 7.51. The molecule has 0 bridgehead atoms. The number of carbonyl (C=O) groups is 3. The molecule has 1 aliphatic heterocycles. The molecule has 1 aliphatic rings. The number of ether oxygens (including phenoxy) is 1. The lowest BCUT2D eigenvalue weighted by molar-refractivity contribution is -0.133. The van der Waals surface area contributed by atoms with Gasteiger partial charge in [-0.3, -0.25) is 14.5 Å². The molecule has 4 amide bonds. The van der Waals surface area contributed by atoms with Gasteiger partial charge in [0.2, 0.25) is 5.91 Å². The Morgan fingerprint density at radius 3 is 2.62 bits per heavy atom. The fourth-order valence-corrected chi connectivity index (χ4v) is 3.44. The van der Waals surface area contributed by atoms with E-state index in [1.165, 1.54) is 0 Å². The van der Waals surface area contributed by atoms with Crippen molar-refractivity contribution in [1.82, 2.24) is 10.2 Å². The lowest BCUT2D eigenvalue weighted by Gasteiger charge is -2.22. The fourth-order valence-electron chi connectivity index (χ4n) is 3.44. The molecule has 0 saturated carbocycles. The van der Waals surface area contributed by atoms with Crippen molar-refractivity contribution in [3.8, 4) is 5.75 Å². The summed E-state index contributed by atoms with van der Waals surface area (Å²) in [6.45, 7) is 5.12. The van der Waals surface area contributed by atoms with E-state index in [9.17, 15) is 14.4 Å². The molecule has 1 saturated heterocycles. The molecule has 1 fully saturated rings. The predicted molar refractivity (Wildman–Crippen MR) is 110 cm³/mol. The molecule has 0 spiro atoms. The Bertz CT molecular complexity index is 972. The van der Waals surface area contributed by atoms with Crippen LogP contribution in [0.15, 0.2) is 42.5 Å². The standard InChI is InChI=1S/C22H25N3O4/c1-14-9-10-15(2)17(11-14)23-19(26)13-25-20(27)22(3,24-21(25)28)12-16-7-5-6-8-18(16)29-4/h5-11H,12-13H2,1-4H3,(H,23,26)(H,24,28)/t22-/m0/s1. The SMILES string of the molecule is COc1ccccc1C[C@]1(C)NC(=O)N(CC(=O)Nc2cc(C)ccc2C)C1=O. The van der Waals surface area contributed by atoms with Gasteiger partial charge in [0.05, 0.1) is 7.11 Å². The van der Waals surface area contributed by atoms with Crippen LogP contribution in [0.1, 0.15) is 23.6 Å². The van der Waals surface area contributed by atoms with Crippen molar-refractivity contribution < 1.29 is 19.1 Å². The van der Waals surface area contributed by atoms with E-state index in [1.54, 1.807) is 20.1 Å². The van der Waals surface area contributed by atoms with Crippen LogP contribution in [0.5, 0.6) is 5.75 Å². The van der Waals surface area contributed by atoms with E-state index in [0.29, 0.717) is 11.4 Å². The van der Waals surface area contributed by atoms with Crippen molar-refractivity contribution in [3.05, 3.63) is 59.2 Å². The summed E-state index contributed by atoms with van der Waals surface area (Å²) >= 11 is 0. The molecule has 0 radical (unpaired) electrons. The van der Waals surface area contributed by atoms with Crippen LogP contribution in [0.2, 0.25) is 0 Å². The average molecular weight is 395 g/mol. The number of nitrogens with one attached hydrogen (secondary N) is 2. The first kappa shape index (κ1) is 20.4. The number of hydrogen-bond donors (Lipinski definition) is 2. The van der Waals surface area contributed by atoms with Crippen LogP contribution in [0.4, 0.5) is 10.5 Å². The van der Waals surface area contributed by atoms with E-state index in [1.807, 2.05) is 50.2 Å². The maximum atomic E-state index is 13.0. The highest BCUT2D eigenvalue weighted by Gasteiger charge is 2.48. The monoisotopic (exact) mass is 395 g/mol. The van der Waals surface area contributed by atoms with Crippen LogP contribution in [-0.4, -0.2) is 41.9 Å². The minimum Gasteiger partial charge on any atom is -0.496 e. The van der Waals surface area contributed by atoms with Crippen molar-refractivity contribution in [2.45, 2.75) is 32.7 Å². The summed E-state index contributed by atoms with van der Waals surface area (Å²) in [6, 6.07) is 12.5. The summed E-state index contributed by atoms with van der Waals surface area (Å²) in [5.41, 5.74) is 2.23. The predicted octanol–water partition coefficient (Wildman–Crippen LogP) is 2.80. The summed E-state index contributed by atoms with van der Waals surface area (Å²) in [7, 11) is 1.56. The molecule has 7 nitrogen and oxygen atoms in total. The lowest BCUT2D eigenvalue weighted by atomic mass is 9.92. The van der Waals surface area contributed by atoms with Crippen LogP contribution in [0.25, 0.3) is 0 Å². The third-order valence-corrected chi connectivity index (χ3v) is 5.05. The second-order valence-corrected chi connectivity index (χ2v) is 7.51. The number of imide groups is 1. The third kappa shape index (κ3) is 4.23. The van der Waals surface area contributed by atoms with Crippen LogP contribution >= 0.6 is 0 Å². The molecule has 0 aromatic heterocycles. The van der Waals surface area contributed by atoms with Gasteiger partial charge in [0.25, 0.3) is 5.91 Å². The number of carbonyl (C=O) groups excluding carboxylic acids is 3. The molecular formula is C22H25N3O4. The minimum absolute atomic E-state index is 0.261. The number of urea groups is 1. The quantitative estimate of drug-likeness (QED) is 0.737. The van der Waals surface area contributed by atoms with E-state index in [2.05, 4.69) is 10.6 Å². The zero-order valence-electron chi connectivity index (χ0n) is 17.0. The van der Waals surface area contributed by atoms with Gasteiger partial charge in [-0.25, -0.2) is 4.79 Å². The summed E-state index contributed by atoms with van der Waals surface area (Å²) in [4.78, 5) is 38.9. The van der Waals surface area contributed by atoms with Crippen molar-refractivity contribution >= 4 is 23.5 Å². The molecule has 2 aromatic rings.